The normalized spacial score (nSPS) is 12.2. The molecule has 0 fully saturated rings. The summed E-state index contributed by atoms with van der Waals surface area (Å²) < 4.78 is 9.61. The van der Waals surface area contributed by atoms with E-state index in [4.69, 9.17) is 19.2 Å². The standard InChI is InChI=1S/C16H30O8/c1-11(2)19-13(17)21-23-15(5,6)9-10-16(7,8)24-22-14(18)20-12(3)4/h11-12H,9-10H2,1-8H3. The van der Waals surface area contributed by atoms with E-state index in [9.17, 15) is 9.59 Å². The van der Waals surface area contributed by atoms with E-state index in [0.717, 1.165) is 0 Å². The Hall–Kier alpha value is -1.54. The minimum Gasteiger partial charge on any atom is -0.430 e. The quantitative estimate of drug-likeness (QED) is 0.345. The second kappa shape index (κ2) is 9.68. The smallest absolute Gasteiger partial charge is 0.430 e. The van der Waals surface area contributed by atoms with Gasteiger partial charge in [-0.1, -0.05) is 0 Å². The van der Waals surface area contributed by atoms with Crippen molar-refractivity contribution in [3.8, 4) is 0 Å². The zero-order valence-electron chi connectivity index (χ0n) is 15.8. The van der Waals surface area contributed by atoms with Crippen molar-refractivity contribution in [2.45, 2.75) is 91.6 Å². The van der Waals surface area contributed by atoms with Gasteiger partial charge < -0.3 is 9.47 Å². The van der Waals surface area contributed by atoms with Gasteiger partial charge in [0.2, 0.25) is 0 Å². The van der Waals surface area contributed by atoms with Gasteiger partial charge in [-0.05, 0) is 68.2 Å². The lowest BCUT2D eigenvalue weighted by atomic mass is 9.94. The van der Waals surface area contributed by atoms with Crippen molar-refractivity contribution in [3.63, 3.8) is 0 Å². The Labute approximate surface area is 143 Å². The molecule has 8 heteroatoms. The van der Waals surface area contributed by atoms with Crippen molar-refractivity contribution in [3.05, 3.63) is 0 Å². The van der Waals surface area contributed by atoms with Gasteiger partial charge in [-0.25, -0.2) is 9.59 Å². The van der Waals surface area contributed by atoms with Crippen LogP contribution < -0.4 is 0 Å². The Kier molecular flexibility index (Phi) is 9.06. The molecule has 0 aliphatic heterocycles. The maximum Gasteiger partial charge on any atom is 0.540 e. The molecule has 0 saturated carbocycles. The molecule has 24 heavy (non-hydrogen) atoms. The highest BCUT2D eigenvalue weighted by Crippen LogP contribution is 2.25. The molecule has 0 amide bonds. The third kappa shape index (κ3) is 12.0. The van der Waals surface area contributed by atoms with E-state index in [1.54, 1.807) is 55.4 Å². The highest BCUT2D eigenvalue weighted by molar-refractivity contribution is 5.59. The summed E-state index contributed by atoms with van der Waals surface area (Å²) in [6, 6.07) is 0. The molecular formula is C16H30O8. The first-order valence-electron chi connectivity index (χ1n) is 7.95. The van der Waals surface area contributed by atoms with E-state index >= 15 is 0 Å². The van der Waals surface area contributed by atoms with E-state index in [2.05, 4.69) is 9.78 Å². The lowest BCUT2D eigenvalue weighted by molar-refractivity contribution is -0.335. The summed E-state index contributed by atoms with van der Waals surface area (Å²) in [5.74, 6) is 0. The largest absolute Gasteiger partial charge is 0.540 e. The van der Waals surface area contributed by atoms with Crippen molar-refractivity contribution in [1.29, 1.82) is 0 Å². The van der Waals surface area contributed by atoms with Crippen LogP contribution in [-0.2, 0) is 29.0 Å². The Morgan fingerprint density at radius 1 is 0.708 bits per heavy atom. The minimum absolute atomic E-state index is 0.292. The Bertz CT molecular complexity index is 363. The molecule has 0 aliphatic carbocycles. The first-order chi connectivity index (χ1) is 10.8. The van der Waals surface area contributed by atoms with E-state index in [0.29, 0.717) is 12.8 Å². The van der Waals surface area contributed by atoms with Gasteiger partial charge >= 0.3 is 12.3 Å². The van der Waals surface area contributed by atoms with Gasteiger partial charge in [0, 0.05) is 0 Å². The molecule has 0 spiro atoms. The third-order valence-corrected chi connectivity index (χ3v) is 2.66. The molecule has 0 atom stereocenters. The number of carbonyl (C=O) groups is 2. The zero-order chi connectivity index (χ0) is 19.0. The van der Waals surface area contributed by atoms with Crippen molar-refractivity contribution >= 4 is 12.3 Å². The van der Waals surface area contributed by atoms with Gasteiger partial charge in [-0.3, -0.25) is 9.78 Å². The fraction of sp³-hybridized carbons (Fsp3) is 0.875. The number of hydrogen-bond acceptors (Lipinski definition) is 8. The first kappa shape index (κ1) is 22.5. The molecule has 0 unspecified atom stereocenters. The van der Waals surface area contributed by atoms with E-state index in [-0.39, 0.29) is 12.2 Å². The lowest BCUT2D eigenvalue weighted by Gasteiger charge is -2.28. The molecule has 0 aromatic carbocycles. The van der Waals surface area contributed by atoms with Crippen molar-refractivity contribution < 1.29 is 38.6 Å². The fourth-order valence-electron chi connectivity index (χ4n) is 1.40. The average molecular weight is 350 g/mol. The molecule has 0 rings (SSSR count). The second-order valence-corrected chi connectivity index (χ2v) is 7.19. The summed E-state index contributed by atoms with van der Waals surface area (Å²) in [5.41, 5.74) is -1.54. The van der Waals surface area contributed by atoms with Gasteiger partial charge in [0.05, 0.1) is 12.2 Å². The van der Waals surface area contributed by atoms with E-state index in [1.807, 2.05) is 0 Å². The molecular weight excluding hydrogens is 320 g/mol. The summed E-state index contributed by atoms with van der Waals surface area (Å²) in [6.45, 7) is 13.8. The van der Waals surface area contributed by atoms with Gasteiger partial charge in [0.1, 0.15) is 11.2 Å². The highest BCUT2D eigenvalue weighted by Gasteiger charge is 2.30. The predicted octanol–water partition coefficient (Wildman–Crippen LogP) is 4.31. The third-order valence-electron chi connectivity index (χ3n) is 2.66. The summed E-state index contributed by atoms with van der Waals surface area (Å²) >= 11 is 0. The summed E-state index contributed by atoms with van der Waals surface area (Å²) in [4.78, 5) is 42.0. The average Bonchev–Trinajstić information content (AvgIpc) is 2.40. The van der Waals surface area contributed by atoms with Crippen LogP contribution in [0.4, 0.5) is 9.59 Å². The van der Waals surface area contributed by atoms with Crippen LogP contribution in [0, 0.1) is 0 Å². The maximum atomic E-state index is 11.3. The monoisotopic (exact) mass is 350 g/mol. The molecule has 0 bridgehead atoms. The Balaban J connectivity index is 4.22. The zero-order valence-corrected chi connectivity index (χ0v) is 15.8. The first-order valence-corrected chi connectivity index (χ1v) is 7.95. The topological polar surface area (TPSA) is 89.5 Å². The Morgan fingerprint density at radius 3 is 1.25 bits per heavy atom. The van der Waals surface area contributed by atoms with Crippen LogP contribution in [-0.4, -0.2) is 35.7 Å². The summed E-state index contributed by atoms with van der Waals surface area (Å²) in [7, 11) is 0. The number of rotatable bonds is 9. The molecule has 0 aliphatic rings. The number of carbonyl (C=O) groups excluding carboxylic acids is 2. The van der Waals surface area contributed by atoms with Crippen LogP contribution in [0.25, 0.3) is 0 Å². The van der Waals surface area contributed by atoms with E-state index < -0.39 is 23.5 Å². The molecule has 8 nitrogen and oxygen atoms in total. The van der Waals surface area contributed by atoms with Crippen molar-refractivity contribution in [2.24, 2.45) is 0 Å². The number of ether oxygens (including phenoxy) is 2. The van der Waals surface area contributed by atoms with Crippen molar-refractivity contribution in [1.82, 2.24) is 0 Å². The van der Waals surface area contributed by atoms with Crippen LogP contribution >= 0.6 is 0 Å². The van der Waals surface area contributed by atoms with Gasteiger partial charge in [0.15, 0.2) is 0 Å². The molecule has 0 aromatic heterocycles. The molecule has 0 aromatic rings. The van der Waals surface area contributed by atoms with Crippen LogP contribution in [0.15, 0.2) is 0 Å². The minimum atomic E-state index is -0.895. The van der Waals surface area contributed by atoms with Crippen LogP contribution in [0.5, 0.6) is 0 Å². The van der Waals surface area contributed by atoms with Gasteiger partial charge in [-0.2, -0.15) is 9.78 Å². The molecule has 0 radical (unpaired) electrons. The fourth-order valence-corrected chi connectivity index (χ4v) is 1.40. The maximum absolute atomic E-state index is 11.3. The van der Waals surface area contributed by atoms with E-state index in [1.165, 1.54) is 0 Å². The molecule has 0 heterocycles. The summed E-state index contributed by atoms with van der Waals surface area (Å²) in [5, 5.41) is 0. The molecule has 0 N–H and O–H groups in total. The predicted molar refractivity (Wildman–Crippen MR) is 85.0 cm³/mol. The lowest BCUT2D eigenvalue weighted by Crippen LogP contribution is -2.33. The highest BCUT2D eigenvalue weighted by atomic mass is 17.2. The summed E-state index contributed by atoms with van der Waals surface area (Å²) in [6.07, 6.45) is -1.44. The van der Waals surface area contributed by atoms with Crippen molar-refractivity contribution in [2.75, 3.05) is 0 Å². The molecule has 0 saturated heterocycles. The van der Waals surface area contributed by atoms with Gasteiger partial charge in [-0.15, -0.1) is 0 Å². The molecule has 142 valence electrons. The number of hydrogen-bond donors (Lipinski definition) is 0. The van der Waals surface area contributed by atoms with Crippen LogP contribution in [0.2, 0.25) is 0 Å². The Morgan fingerprint density at radius 2 is 1.00 bits per heavy atom. The SMILES string of the molecule is CC(C)OC(=O)OOC(C)(C)CCC(C)(C)OOC(=O)OC(C)C. The van der Waals surface area contributed by atoms with Crippen LogP contribution in [0.3, 0.4) is 0 Å². The van der Waals surface area contributed by atoms with Crippen LogP contribution in [0.1, 0.15) is 68.2 Å². The van der Waals surface area contributed by atoms with Gasteiger partial charge in [0.25, 0.3) is 0 Å². The second-order valence-electron chi connectivity index (χ2n) is 7.19.